The van der Waals surface area contributed by atoms with Crippen LogP contribution >= 0.6 is 0 Å². The van der Waals surface area contributed by atoms with Crippen LogP contribution in [0.4, 0.5) is 5.69 Å². The summed E-state index contributed by atoms with van der Waals surface area (Å²) in [7, 11) is 0. The van der Waals surface area contributed by atoms with Gasteiger partial charge in [-0.05, 0) is 68.1 Å². The maximum absolute atomic E-state index is 12.7. The summed E-state index contributed by atoms with van der Waals surface area (Å²) in [5.74, 6) is 0.936. The van der Waals surface area contributed by atoms with Crippen molar-refractivity contribution in [3.8, 4) is 5.75 Å². The van der Waals surface area contributed by atoms with E-state index in [1.165, 1.54) is 5.56 Å². The van der Waals surface area contributed by atoms with Gasteiger partial charge in [0, 0.05) is 17.9 Å². The van der Waals surface area contributed by atoms with Gasteiger partial charge >= 0.3 is 0 Å². The van der Waals surface area contributed by atoms with Crippen LogP contribution in [0.3, 0.4) is 0 Å². The van der Waals surface area contributed by atoms with Crippen LogP contribution in [0.2, 0.25) is 0 Å². The van der Waals surface area contributed by atoms with Crippen molar-refractivity contribution in [1.82, 2.24) is 5.32 Å². The van der Waals surface area contributed by atoms with Crippen molar-refractivity contribution < 1.29 is 14.3 Å². The number of benzene rings is 2. The number of nitrogens with zero attached hydrogens (tertiary/aromatic N) is 1. The number of rotatable bonds is 7. The van der Waals surface area contributed by atoms with Crippen LogP contribution in [0.25, 0.3) is 0 Å². The highest BCUT2D eigenvalue weighted by molar-refractivity contribution is 6.10. The van der Waals surface area contributed by atoms with Crippen molar-refractivity contribution in [2.45, 2.75) is 39.2 Å². The number of hydrogen-bond donors (Lipinski definition) is 2. The molecule has 0 radical (unpaired) electrons. The molecule has 0 saturated carbocycles. The monoisotopic (exact) mass is 395 g/mol. The van der Waals surface area contributed by atoms with Crippen LogP contribution in [-0.4, -0.2) is 37.7 Å². The standard InChI is InChI=1S/C23H29N3O3/c1-3-17-7-11-19(12-8-17)25-23(24-16-21-6-5-15-29-21)26-22(27)18-9-13-20(14-10-18)28-4-2/h7-14,21H,3-6,15-16H2,1-2H3,(H2,24,25,26,27)/t21-/m0/s1. The molecule has 1 amide bonds. The first kappa shape index (κ1) is 20.9. The van der Waals surface area contributed by atoms with E-state index in [1.807, 2.05) is 19.1 Å². The summed E-state index contributed by atoms with van der Waals surface area (Å²) in [6.45, 7) is 5.93. The van der Waals surface area contributed by atoms with Gasteiger partial charge in [-0.1, -0.05) is 19.1 Å². The summed E-state index contributed by atoms with van der Waals surface area (Å²) in [4.78, 5) is 17.3. The highest BCUT2D eigenvalue weighted by Gasteiger charge is 2.16. The predicted octanol–water partition coefficient (Wildman–Crippen LogP) is 4.02. The molecule has 1 atom stereocenters. The molecule has 154 valence electrons. The first-order chi connectivity index (χ1) is 14.2. The van der Waals surface area contributed by atoms with E-state index in [2.05, 4.69) is 34.7 Å². The molecule has 2 aromatic carbocycles. The van der Waals surface area contributed by atoms with E-state index in [1.54, 1.807) is 24.3 Å². The summed E-state index contributed by atoms with van der Waals surface area (Å²) < 4.78 is 11.1. The number of hydrogen-bond acceptors (Lipinski definition) is 4. The SMILES string of the molecule is CCOc1ccc(C(=O)NC(=NC[C@@H]2CCCO2)Nc2ccc(CC)cc2)cc1. The fraction of sp³-hybridized carbons (Fsp3) is 0.391. The fourth-order valence-corrected chi connectivity index (χ4v) is 3.10. The Labute approximate surface area is 172 Å². The molecular weight excluding hydrogens is 366 g/mol. The number of ether oxygens (including phenoxy) is 2. The lowest BCUT2D eigenvalue weighted by atomic mass is 10.1. The molecule has 0 unspecified atom stereocenters. The molecule has 1 aliphatic heterocycles. The Hall–Kier alpha value is -2.86. The van der Waals surface area contributed by atoms with E-state index in [-0.39, 0.29) is 12.0 Å². The molecular formula is C23H29N3O3. The van der Waals surface area contributed by atoms with Gasteiger partial charge in [0.25, 0.3) is 5.91 Å². The largest absolute Gasteiger partial charge is 0.494 e. The molecule has 3 rings (SSSR count). The van der Waals surface area contributed by atoms with Crippen molar-refractivity contribution in [2.24, 2.45) is 4.99 Å². The van der Waals surface area contributed by atoms with Crippen molar-refractivity contribution in [3.05, 3.63) is 59.7 Å². The molecule has 0 bridgehead atoms. The Morgan fingerprint density at radius 1 is 1.14 bits per heavy atom. The Morgan fingerprint density at radius 3 is 2.52 bits per heavy atom. The minimum Gasteiger partial charge on any atom is -0.494 e. The molecule has 1 fully saturated rings. The van der Waals surface area contributed by atoms with Crippen molar-refractivity contribution in [3.63, 3.8) is 0 Å². The predicted molar refractivity (Wildman–Crippen MR) is 116 cm³/mol. The molecule has 1 aliphatic rings. The lowest BCUT2D eigenvalue weighted by Crippen LogP contribution is -2.36. The van der Waals surface area contributed by atoms with Crippen molar-refractivity contribution >= 4 is 17.6 Å². The molecule has 6 nitrogen and oxygen atoms in total. The first-order valence-electron chi connectivity index (χ1n) is 10.2. The number of amides is 1. The van der Waals surface area contributed by atoms with Gasteiger partial charge in [0.2, 0.25) is 5.96 Å². The number of carbonyl (C=O) groups excluding carboxylic acids is 1. The Kier molecular flexibility index (Phi) is 7.64. The number of guanidine groups is 1. The Morgan fingerprint density at radius 2 is 1.90 bits per heavy atom. The van der Waals surface area contributed by atoms with E-state index in [9.17, 15) is 4.79 Å². The molecule has 0 spiro atoms. The van der Waals surface area contributed by atoms with Gasteiger partial charge in [0.15, 0.2) is 0 Å². The third kappa shape index (κ3) is 6.32. The summed E-state index contributed by atoms with van der Waals surface area (Å²) >= 11 is 0. The van der Waals surface area contributed by atoms with Crippen LogP contribution in [0.15, 0.2) is 53.5 Å². The zero-order chi connectivity index (χ0) is 20.5. The third-order valence-corrected chi connectivity index (χ3v) is 4.76. The average Bonchev–Trinajstić information content (AvgIpc) is 3.27. The Balaban J connectivity index is 1.70. The van der Waals surface area contributed by atoms with Gasteiger partial charge in [-0.25, -0.2) is 4.99 Å². The second-order valence-corrected chi connectivity index (χ2v) is 6.91. The second-order valence-electron chi connectivity index (χ2n) is 6.91. The number of aliphatic imine (C=N–C) groups is 1. The summed E-state index contributed by atoms with van der Waals surface area (Å²) in [5, 5.41) is 6.11. The van der Waals surface area contributed by atoms with E-state index < -0.39 is 0 Å². The molecule has 1 heterocycles. The molecule has 29 heavy (non-hydrogen) atoms. The van der Waals surface area contributed by atoms with Gasteiger partial charge in [-0.3, -0.25) is 10.1 Å². The average molecular weight is 396 g/mol. The van der Waals surface area contributed by atoms with Crippen LogP contribution in [0.5, 0.6) is 5.75 Å². The van der Waals surface area contributed by atoms with Gasteiger partial charge in [0.1, 0.15) is 5.75 Å². The van der Waals surface area contributed by atoms with Crippen molar-refractivity contribution in [1.29, 1.82) is 0 Å². The molecule has 6 heteroatoms. The summed E-state index contributed by atoms with van der Waals surface area (Å²) in [6.07, 6.45) is 3.14. The lowest BCUT2D eigenvalue weighted by Gasteiger charge is -2.14. The lowest BCUT2D eigenvalue weighted by molar-refractivity contribution is 0.0975. The molecule has 0 aliphatic carbocycles. The fourth-order valence-electron chi connectivity index (χ4n) is 3.10. The first-order valence-corrected chi connectivity index (χ1v) is 10.2. The van der Waals surface area contributed by atoms with Gasteiger partial charge in [-0.15, -0.1) is 0 Å². The summed E-state index contributed by atoms with van der Waals surface area (Å²) in [6, 6.07) is 15.2. The second kappa shape index (κ2) is 10.6. The van der Waals surface area contributed by atoms with Crippen molar-refractivity contribution in [2.75, 3.05) is 25.1 Å². The van der Waals surface area contributed by atoms with E-state index >= 15 is 0 Å². The maximum atomic E-state index is 12.7. The van der Waals surface area contributed by atoms with E-state index in [0.29, 0.717) is 24.7 Å². The zero-order valence-corrected chi connectivity index (χ0v) is 17.1. The van der Waals surface area contributed by atoms with Gasteiger partial charge in [-0.2, -0.15) is 0 Å². The number of aryl methyl sites for hydroxylation is 1. The Bertz CT molecular complexity index is 810. The van der Waals surface area contributed by atoms with Crippen LogP contribution in [0.1, 0.15) is 42.6 Å². The van der Waals surface area contributed by atoms with Gasteiger partial charge in [0.05, 0.1) is 19.3 Å². The molecule has 2 aromatic rings. The smallest absolute Gasteiger partial charge is 0.257 e. The quantitative estimate of drug-likeness (QED) is 0.549. The summed E-state index contributed by atoms with van der Waals surface area (Å²) in [5.41, 5.74) is 2.67. The van der Waals surface area contributed by atoms with Crippen LogP contribution in [-0.2, 0) is 11.2 Å². The minimum absolute atomic E-state index is 0.108. The maximum Gasteiger partial charge on any atom is 0.257 e. The van der Waals surface area contributed by atoms with E-state index in [0.717, 1.165) is 37.3 Å². The topological polar surface area (TPSA) is 72.0 Å². The zero-order valence-electron chi connectivity index (χ0n) is 17.1. The van der Waals surface area contributed by atoms with Gasteiger partial charge < -0.3 is 14.8 Å². The molecule has 1 saturated heterocycles. The van der Waals surface area contributed by atoms with E-state index in [4.69, 9.17) is 9.47 Å². The molecule has 0 aromatic heterocycles. The molecule has 2 N–H and O–H groups in total. The minimum atomic E-state index is -0.225. The third-order valence-electron chi connectivity index (χ3n) is 4.76. The highest BCUT2D eigenvalue weighted by atomic mass is 16.5. The van der Waals surface area contributed by atoms with Crippen LogP contribution in [0, 0.1) is 0 Å². The number of carbonyl (C=O) groups is 1. The number of nitrogens with one attached hydrogen (secondary N) is 2. The number of anilines is 1. The van der Waals surface area contributed by atoms with Crippen LogP contribution < -0.4 is 15.4 Å². The normalized spacial score (nSPS) is 16.5. The highest BCUT2D eigenvalue weighted by Crippen LogP contribution is 2.14.